The van der Waals surface area contributed by atoms with Gasteiger partial charge in [0.25, 0.3) is 5.91 Å². The molecule has 2 nitrogen and oxygen atoms in total. The Labute approximate surface area is 124 Å². The van der Waals surface area contributed by atoms with Crippen LogP contribution in [-0.4, -0.2) is 11.9 Å². The molecular weight excluding hydrogens is 270 g/mol. The van der Waals surface area contributed by atoms with Crippen LogP contribution in [0.5, 0.6) is 0 Å². The highest BCUT2D eigenvalue weighted by Crippen LogP contribution is 2.15. The number of hydrogen-bond donors (Lipinski definition) is 1. The Morgan fingerprint density at radius 3 is 2.40 bits per heavy atom. The molecule has 2 rings (SSSR count). The highest BCUT2D eigenvalue weighted by molar-refractivity contribution is 6.33. The van der Waals surface area contributed by atoms with Crippen LogP contribution in [-0.2, 0) is 6.42 Å². The molecule has 1 atom stereocenters. The topological polar surface area (TPSA) is 29.1 Å². The Hall–Kier alpha value is -1.80. The summed E-state index contributed by atoms with van der Waals surface area (Å²) < 4.78 is 0. The van der Waals surface area contributed by atoms with Gasteiger partial charge in [0.15, 0.2) is 0 Å². The molecule has 0 saturated heterocycles. The first-order chi connectivity index (χ1) is 9.70. The highest BCUT2D eigenvalue weighted by Gasteiger charge is 2.14. The maximum atomic E-state index is 12.2. The van der Waals surface area contributed by atoms with E-state index in [1.165, 1.54) is 5.56 Å². The van der Waals surface area contributed by atoms with Crippen molar-refractivity contribution in [2.45, 2.75) is 25.8 Å². The van der Waals surface area contributed by atoms with Crippen LogP contribution in [0.15, 0.2) is 54.6 Å². The molecule has 0 heterocycles. The summed E-state index contributed by atoms with van der Waals surface area (Å²) in [5.41, 5.74) is 1.75. The molecule has 1 amide bonds. The Morgan fingerprint density at radius 1 is 1.10 bits per heavy atom. The number of rotatable bonds is 5. The van der Waals surface area contributed by atoms with Gasteiger partial charge in [0.05, 0.1) is 10.6 Å². The molecule has 0 aliphatic carbocycles. The standard InChI is InChI=1S/C17H18ClNO/c1-2-14(12-13-8-4-3-5-9-13)19-17(20)15-10-6-7-11-16(15)18/h3-11,14H,2,12H2,1H3,(H,19,20)/t14-/m1/s1. The van der Waals surface area contributed by atoms with E-state index in [-0.39, 0.29) is 11.9 Å². The van der Waals surface area contributed by atoms with E-state index in [4.69, 9.17) is 11.6 Å². The van der Waals surface area contributed by atoms with Crippen molar-refractivity contribution in [3.05, 3.63) is 70.7 Å². The lowest BCUT2D eigenvalue weighted by atomic mass is 10.0. The lowest BCUT2D eigenvalue weighted by Crippen LogP contribution is -2.36. The number of carbonyl (C=O) groups is 1. The first-order valence-corrected chi connectivity index (χ1v) is 7.17. The first-order valence-electron chi connectivity index (χ1n) is 6.80. The molecule has 3 heteroatoms. The van der Waals surface area contributed by atoms with Gasteiger partial charge >= 0.3 is 0 Å². The van der Waals surface area contributed by atoms with Gasteiger partial charge in [-0.05, 0) is 30.5 Å². The largest absolute Gasteiger partial charge is 0.349 e. The van der Waals surface area contributed by atoms with Gasteiger partial charge in [-0.1, -0.05) is 61.0 Å². The van der Waals surface area contributed by atoms with Crippen molar-refractivity contribution in [3.8, 4) is 0 Å². The third-order valence-corrected chi connectivity index (χ3v) is 3.60. The van der Waals surface area contributed by atoms with Gasteiger partial charge in [0.2, 0.25) is 0 Å². The first kappa shape index (κ1) is 14.6. The molecule has 0 saturated carbocycles. The summed E-state index contributed by atoms with van der Waals surface area (Å²) in [5.74, 6) is -0.113. The second-order valence-corrected chi connectivity index (χ2v) is 5.16. The molecular formula is C17H18ClNO. The highest BCUT2D eigenvalue weighted by atomic mass is 35.5. The van der Waals surface area contributed by atoms with E-state index in [1.807, 2.05) is 30.3 Å². The average Bonchev–Trinajstić information content (AvgIpc) is 2.48. The molecule has 0 aliphatic rings. The maximum Gasteiger partial charge on any atom is 0.253 e. The summed E-state index contributed by atoms with van der Waals surface area (Å²) in [4.78, 5) is 12.2. The second-order valence-electron chi connectivity index (χ2n) is 4.75. The van der Waals surface area contributed by atoms with Gasteiger partial charge in [-0.3, -0.25) is 4.79 Å². The van der Waals surface area contributed by atoms with Crippen LogP contribution < -0.4 is 5.32 Å². The quantitative estimate of drug-likeness (QED) is 0.882. The van der Waals surface area contributed by atoms with Crippen molar-refractivity contribution in [2.24, 2.45) is 0 Å². The van der Waals surface area contributed by atoms with Crippen LogP contribution in [0, 0.1) is 0 Å². The Bertz CT molecular complexity index is 568. The number of halogens is 1. The molecule has 104 valence electrons. The van der Waals surface area contributed by atoms with Crippen molar-refractivity contribution >= 4 is 17.5 Å². The van der Waals surface area contributed by atoms with Crippen LogP contribution in [0.4, 0.5) is 0 Å². The predicted octanol–water partition coefficient (Wildman–Crippen LogP) is 4.09. The molecule has 0 radical (unpaired) electrons. The number of carbonyl (C=O) groups excluding carboxylic acids is 1. The molecule has 2 aromatic carbocycles. The molecule has 0 unspecified atom stereocenters. The normalized spacial score (nSPS) is 11.9. The molecule has 0 bridgehead atoms. The fourth-order valence-corrected chi connectivity index (χ4v) is 2.33. The number of hydrogen-bond acceptors (Lipinski definition) is 1. The lowest BCUT2D eigenvalue weighted by Gasteiger charge is -2.17. The summed E-state index contributed by atoms with van der Waals surface area (Å²) in [6.07, 6.45) is 1.71. The monoisotopic (exact) mass is 287 g/mol. The molecule has 1 N–H and O–H groups in total. The predicted molar refractivity (Wildman–Crippen MR) is 83.1 cm³/mol. The molecule has 0 spiro atoms. The molecule has 0 aliphatic heterocycles. The van der Waals surface area contributed by atoms with E-state index in [0.717, 1.165) is 12.8 Å². The fourth-order valence-electron chi connectivity index (χ4n) is 2.10. The summed E-state index contributed by atoms with van der Waals surface area (Å²) in [6.45, 7) is 2.07. The SMILES string of the molecule is CC[C@H](Cc1ccccc1)NC(=O)c1ccccc1Cl. The van der Waals surface area contributed by atoms with Crippen LogP contribution in [0.25, 0.3) is 0 Å². The number of benzene rings is 2. The van der Waals surface area contributed by atoms with Gasteiger partial charge in [-0.15, -0.1) is 0 Å². The van der Waals surface area contributed by atoms with E-state index in [1.54, 1.807) is 12.1 Å². The molecule has 0 aromatic heterocycles. The average molecular weight is 288 g/mol. The smallest absolute Gasteiger partial charge is 0.253 e. The minimum absolute atomic E-state index is 0.112. The van der Waals surface area contributed by atoms with Gasteiger partial charge in [0.1, 0.15) is 0 Å². The lowest BCUT2D eigenvalue weighted by molar-refractivity contribution is 0.0936. The minimum Gasteiger partial charge on any atom is -0.349 e. The van der Waals surface area contributed by atoms with Crippen LogP contribution in [0.3, 0.4) is 0 Å². The fraction of sp³-hybridized carbons (Fsp3) is 0.235. The Kier molecular flexibility index (Phi) is 5.19. The van der Waals surface area contributed by atoms with Crippen molar-refractivity contribution in [3.63, 3.8) is 0 Å². The number of nitrogens with one attached hydrogen (secondary N) is 1. The zero-order valence-corrected chi connectivity index (χ0v) is 12.2. The van der Waals surface area contributed by atoms with Gasteiger partial charge < -0.3 is 5.32 Å². The summed E-state index contributed by atoms with van der Waals surface area (Å²) in [6, 6.07) is 17.4. The van der Waals surface area contributed by atoms with Crippen molar-refractivity contribution in [1.82, 2.24) is 5.32 Å². The van der Waals surface area contributed by atoms with E-state index < -0.39 is 0 Å². The van der Waals surface area contributed by atoms with Crippen molar-refractivity contribution in [2.75, 3.05) is 0 Å². The van der Waals surface area contributed by atoms with Crippen LogP contribution in [0.2, 0.25) is 5.02 Å². The third kappa shape index (κ3) is 3.84. The van der Waals surface area contributed by atoms with Crippen LogP contribution in [0.1, 0.15) is 29.3 Å². The van der Waals surface area contributed by atoms with E-state index in [2.05, 4.69) is 24.4 Å². The molecule has 0 fully saturated rings. The summed E-state index contributed by atoms with van der Waals surface area (Å²) >= 11 is 6.05. The van der Waals surface area contributed by atoms with Crippen molar-refractivity contribution < 1.29 is 4.79 Å². The zero-order chi connectivity index (χ0) is 14.4. The molecule has 20 heavy (non-hydrogen) atoms. The van der Waals surface area contributed by atoms with Gasteiger partial charge in [0, 0.05) is 6.04 Å². The Morgan fingerprint density at radius 2 is 1.75 bits per heavy atom. The van der Waals surface area contributed by atoms with E-state index in [0.29, 0.717) is 10.6 Å². The van der Waals surface area contributed by atoms with Crippen molar-refractivity contribution in [1.29, 1.82) is 0 Å². The third-order valence-electron chi connectivity index (χ3n) is 3.27. The molecule has 2 aromatic rings. The Balaban J connectivity index is 2.03. The summed E-state index contributed by atoms with van der Waals surface area (Å²) in [5, 5.41) is 3.53. The van der Waals surface area contributed by atoms with E-state index >= 15 is 0 Å². The van der Waals surface area contributed by atoms with Gasteiger partial charge in [-0.2, -0.15) is 0 Å². The minimum atomic E-state index is -0.113. The second kappa shape index (κ2) is 7.11. The van der Waals surface area contributed by atoms with E-state index in [9.17, 15) is 4.79 Å². The maximum absolute atomic E-state index is 12.2. The zero-order valence-electron chi connectivity index (χ0n) is 11.5. The summed E-state index contributed by atoms with van der Waals surface area (Å²) in [7, 11) is 0. The van der Waals surface area contributed by atoms with Crippen LogP contribution >= 0.6 is 11.6 Å². The van der Waals surface area contributed by atoms with Gasteiger partial charge in [-0.25, -0.2) is 0 Å². The number of amides is 1.